The molecule has 0 bridgehead atoms. The Hall–Kier alpha value is -1.32. The van der Waals surface area contributed by atoms with Crippen LogP contribution in [0.1, 0.15) is 12.5 Å². The highest BCUT2D eigenvalue weighted by molar-refractivity contribution is 8.00. The minimum Gasteiger partial charge on any atom is -0.370 e. The van der Waals surface area contributed by atoms with Crippen molar-refractivity contribution < 1.29 is 26.3 Å². The van der Waals surface area contributed by atoms with Crippen LogP contribution in [0.3, 0.4) is 0 Å². The van der Waals surface area contributed by atoms with Gasteiger partial charge in [0, 0.05) is 18.8 Å². The van der Waals surface area contributed by atoms with Crippen LogP contribution >= 0.6 is 11.8 Å². The van der Waals surface area contributed by atoms with Crippen LogP contribution in [0, 0.1) is 0 Å². The lowest BCUT2D eigenvalue weighted by atomic mass is 10.2. The fraction of sp³-hybridized carbons (Fsp3) is 0.545. The van der Waals surface area contributed by atoms with Gasteiger partial charge in [0.05, 0.1) is 5.56 Å². The van der Waals surface area contributed by atoms with Gasteiger partial charge in [0.25, 0.3) is 0 Å². The molecule has 0 atom stereocenters. The molecule has 10 heteroatoms. The van der Waals surface area contributed by atoms with E-state index < -0.39 is 17.2 Å². The molecule has 21 heavy (non-hydrogen) atoms. The number of pyridine rings is 1. The molecule has 1 heterocycles. The van der Waals surface area contributed by atoms with Crippen molar-refractivity contribution in [2.24, 2.45) is 0 Å². The van der Waals surface area contributed by atoms with Crippen LogP contribution < -0.4 is 10.6 Å². The minimum atomic E-state index is -4.55. The molecule has 2 N–H and O–H groups in total. The summed E-state index contributed by atoms with van der Waals surface area (Å²) in [6.45, 7) is 1.91. The van der Waals surface area contributed by atoms with Crippen molar-refractivity contribution in [3.8, 4) is 0 Å². The van der Waals surface area contributed by atoms with Crippen LogP contribution in [0.25, 0.3) is 0 Å². The van der Waals surface area contributed by atoms with Crippen LogP contribution in [0.4, 0.5) is 38.0 Å². The van der Waals surface area contributed by atoms with Crippen molar-refractivity contribution >= 4 is 23.4 Å². The van der Waals surface area contributed by atoms with Crippen molar-refractivity contribution in [1.82, 2.24) is 4.98 Å². The predicted molar refractivity (Wildman–Crippen MR) is 70.4 cm³/mol. The molecule has 120 valence electrons. The summed E-state index contributed by atoms with van der Waals surface area (Å²) in [5, 5.41) is 5.10. The number of halogens is 6. The van der Waals surface area contributed by atoms with E-state index >= 15 is 0 Å². The number of alkyl halides is 6. The van der Waals surface area contributed by atoms with Gasteiger partial charge >= 0.3 is 11.7 Å². The van der Waals surface area contributed by atoms with E-state index in [2.05, 4.69) is 15.6 Å². The van der Waals surface area contributed by atoms with Crippen LogP contribution in [0.15, 0.2) is 12.1 Å². The third-order valence-electron chi connectivity index (χ3n) is 2.18. The van der Waals surface area contributed by atoms with Gasteiger partial charge in [-0.05, 0) is 30.8 Å². The van der Waals surface area contributed by atoms with E-state index in [0.717, 1.165) is 12.1 Å². The Kier molecular flexibility index (Phi) is 5.99. The van der Waals surface area contributed by atoms with E-state index in [1.165, 1.54) is 0 Å². The second-order valence-corrected chi connectivity index (χ2v) is 5.04. The number of hydrogen-bond acceptors (Lipinski definition) is 4. The minimum absolute atomic E-state index is 0.0123. The molecule has 0 saturated heterocycles. The Balaban J connectivity index is 2.74. The molecule has 0 saturated carbocycles. The van der Waals surface area contributed by atoms with Gasteiger partial charge in [-0.25, -0.2) is 4.98 Å². The molecule has 0 unspecified atom stereocenters. The summed E-state index contributed by atoms with van der Waals surface area (Å²) in [4.78, 5) is 3.86. The van der Waals surface area contributed by atoms with Crippen LogP contribution in [0.5, 0.6) is 0 Å². The molecule has 1 aromatic rings. The zero-order valence-corrected chi connectivity index (χ0v) is 11.7. The van der Waals surface area contributed by atoms with Gasteiger partial charge in [0.15, 0.2) is 0 Å². The van der Waals surface area contributed by atoms with E-state index in [-0.39, 0.29) is 35.7 Å². The van der Waals surface area contributed by atoms with Gasteiger partial charge in [-0.1, -0.05) is 0 Å². The van der Waals surface area contributed by atoms with Crippen molar-refractivity contribution in [2.45, 2.75) is 18.6 Å². The number of nitrogens with zero attached hydrogens (tertiary/aromatic N) is 1. The second kappa shape index (κ2) is 7.10. The van der Waals surface area contributed by atoms with Crippen molar-refractivity contribution in [2.75, 3.05) is 29.5 Å². The molecule has 0 aliphatic heterocycles. The average Bonchev–Trinajstić information content (AvgIpc) is 2.33. The van der Waals surface area contributed by atoms with E-state index in [0.29, 0.717) is 6.54 Å². The molecular formula is C11H13F6N3S. The smallest absolute Gasteiger partial charge is 0.370 e. The maximum absolute atomic E-state index is 12.7. The zero-order valence-electron chi connectivity index (χ0n) is 10.9. The highest BCUT2D eigenvalue weighted by Gasteiger charge is 2.32. The quantitative estimate of drug-likeness (QED) is 0.604. The van der Waals surface area contributed by atoms with E-state index in [1.54, 1.807) is 6.92 Å². The van der Waals surface area contributed by atoms with Crippen LogP contribution in [0.2, 0.25) is 0 Å². The Morgan fingerprint density at radius 1 is 1.05 bits per heavy atom. The lowest BCUT2D eigenvalue weighted by Gasteiger charge is -2.13. The summed E-state index contributed by atoms with van der Waals surface area (Å²) in [5.74, 6) is -0.431. The summed E-state index contributed by atoms with van der Waals surface area (Å²) in [7, 11) is 0. The summed E-state index contributed by atoms with van der Waals surface area (Å²) >= 11 is -0.251. The number of hydrogen-bond donors (Lipinski definition) is 2. The topological polar surface area (TPSA) is 37.0 Å². The standard InChI is InChI=1S/C11H13F6N3S/c1-2-18-8-5-7(10(12,13)14)6-9(20-8)19-3-4-21-11(15,16)17/h5-6H,2-4H2,1H3,(H2,18,19,20). The first-order valence-corrected chi connectivity index (χ1v) is 6.88. The lowest BCUT2D eigenvalue weighted by molar-refractivity contribution is -0.137. The first-order valence-electron chi connectivity index (χ1n) is 5.89. The molecule has 3 nitrogen and oxygen atoms in total. The van der Waals surface area contributed by atoms with Crippen molar-refractivity contribution in [1.29, 1.82) is 0 Å². The lowest BCUT2D eigenvalue weighted by Crippen LogP contribution is -2.13. The molecule has 1 rings (SSSR count). The van der Waals surface area contributed by atoms with Crippen molar-refractivity contribution in [3.05, 3.63) is 17.7 Å². The summed E-state index contributed by atoms with van der Waals surface area (Å²) in [6, 6.07) is 1.61. The predicted octanol–water partition coefficient (Wildman–Crippen LogP) is 4.20. The fourth-order valence-corrected chi connectivity index (χ4v) is 1.84. The number of thioether (sulfide) groups is 1. The van der Waals surface area contributed by atoms with Crippen LogP contribution in [-0.2, 0) is 6.18 Å². The first kappa shape index (κ1) is 17.7. The summed E-state index contributed by atoms with van der Waals surface area (Å²) in [5.41, 5.74) is -5.28. The molecule has 1 aromatic heterocycles. The van der Waals surface area contributed by atoms with Gasteiger partial charge < -0.3 is 10.6 Å². The zero-order chi connectivity index (χ0) is 16.1. The SMILES string of the molecule is CCNc1cc(C(F)(F)F)cc(NCCSC(F)(F)F)n1. The first-order chi connectivity index (χ1) is 9.62. The Bertz CT molecular complexity index is 460. The van der Waals surface area contributed by atoms with Gasteiger partial charge in [-0.15, -0.1) is 0 Å². The monoisotopic (exact) mass is 333 g/mol. The van der Waals surface area contributed by atoms with E-state index in [4.69, 9.17) is 0 Å². The number of nitrogens with one attached hydrogen (secondary N) is 2. The van der Waals surface area contributed by atoms with Gasteiger partial charge in [0.2, 0.25) is 0 Å². The second-order valence-electron chi connectivity index (χ2n) is 3.88. The highest BCUT2D eigenvalue weighted by atomic mass is 32.2. The fourth-order valence-electron chi connectivity index (χ4n) is 1.40. The molecule has 0 spiro atoms. The molecule has 0 aliphatic rings. The maximum Gasteiger partial charge on any atom is 0.441 e. The Labute approximate surface area is 121 Å². The Morgan fingerprint density at radius 2 is 1.62 bits per heavy atom. The number of anilines is 2. The molecular weight excluding hydrogens is 320 g/mol. The third-order valence-corrected chi connectivity index (χ3v) is 2.92. The van der Waals surface area contributed by atoms with Crippen molar-refractivity contribution in [3.63, 3.8) is 0 Å². The normalized spacial score (nSPS) is 12.3. The van der Waals surface area contributed by atoms with E-state index in [9.17, 15) is 26.3 Å². The number of rotatable bonds is 6. The van der Waals surface area contributed by atoms with E-state index in [1.807, 2.05) is 0 Å². The third kappa shape index (κ3) is 6.78. The molecule has 0 aromatic carbocycles. The maximum atomic E-state index is 12.7. The van der Waals surface area contributed by atoms with Gasteiger partial charge in [-0.2, -0.15) is 26.3 Å². The molecule has 0 aliphatic carbocycles. The highest BCUT2D eigenvalue weighted by Crippen LogP contribution is 2.32. The molecule has 0 amide bonds. The number of aromatic nitrogens is 1. The summed E-state index contributed by atoms with van der Waals surface area (Å²) < 4.78 is 73.9. The van der Waals surface area contributed by atoms with Crippen LogP contribution in [-0.4, -0.2) is 29.3 Å². The van der Waals surface area contributed by atoms with Gasteiger partial charge in [-0.3, -0.25) is 0 Å². The average molecular weight is 333 g/mol. The molecule has 0 fully saturated rings. The van der Waals surface area contributed by atoms with Gasteiger partial charge in [0.1, 0.15) is 11.6 Å². The largest absolute Gasteiger partial charge is 0.441 e. The summed E-state index contributed by atoms with van der Waals surface area (Å²) in [6.07, 6.45) is -4.55. The molecule has 0 radical (unpaired) electrons. The Morgan fingerprint density at radius 3 is 2.10 bits per heavy atom.